The van der Waals surface area contributed by atoms with Crippen molar-refractivity contribution in [1.29, 1.82) is 0 Å². The highest BCUT2D eigenvalue weighted by atomic mass is 35.5. The molecular weight excluding hydrogens is 298 g/mol. The molecule has 0 saturated carbocycles. The Morgan fingerprint density at radius 3 is 2.27 bits per heavy atom. The number of rotatable bonds is 5. The Labute approximate surface area is 136 Å². The number of anilines is 1. The lowest BCUT2D eigenvalue weighted by atomic mass is 10.1. The molecular formula is C18H20ClNO2. The van der Waals surface area contributed by atoms with Gasteiger partial charge in [-0.15, -0.1) is 0 Å². The highest BCUT2D eigenvalue weighted by molar-refractivity contribution is 6.30. The van der Waals surface area contributed by atoms with Crippen molar-refractivity contribution in [3.8, 4) is 5.75 Å². The summed E-state index contributed by atoms with van der Waals surface area (Å²) in [6.07, 6.45) is 0.0428. The fourth-order valence-corrected chi connectivity index (χ4v) is 2.40. The summed E-state index contributed by atoms with van der Waals surface area (Å²) in [6, 6.07) is 13.0. The Kier molecular flexibility index (Phi) is 5.45. The van der Waals surface area contributed by atoms with Crippen molar-refractivity contribution < 1.29 is 9.53 Å². The molecule has 4 heteroatoms. The summed E-state index contributed by atoms with van der Waals surface area (Å²) in [7, 11) is 0. The quantitative estimate of drug-likeness (QED) is 0.864. The van der Waals surface area contributed by atoms with E-state index in [0.717, 1.165) is 16.8 Å². The molecule has 1 amide bonds. The van der Waals surface area contributed by atoms with E-state index in [9.17, 15) is 4.79 Å². The van der Waals surface area contributed by atoms with Crippen LogP contribution in [-0.4, -0.2) is 12.0 Å². The van der Waals surface area contributed by atoms with Gasteiger partial charge in [-0.2, -0.15) is 0 Å². The molecule has 2 aromatic carbocycles. The van der Waals surface area contributed by atoms with Gasteiger partial charge in [-0.3, -0.25) is 4.79 Å². The fraction of sp³-hybridized carbons (Fsp3) is 0.278. The van der Waals surface area contributed by atoms with E-state index in [2.05, 4.69) is 11.4 Å². The third-order valence-electron chi connectivity index (χ3n) is 3.24. The molecule has 0 saturated heterocycles. The van der Waals surface area contributed by atoms with Crippen LogP contribution >= 0.6 is 11.6 Å². The first-order chi connectivity index (χ1) is 10.5. The number of nitrogens with one attached hydrogen (secondary N) is 1. The van der Waals surface area contributed by atoms with Crippen molar-refractivity contribution in [3.63, 3.8) is 0 Å². The van der Waals surface area contributed by atoms with Crippen molar-refractivity contribution >= 4 is 23.2 Å². The number of halogens is 1. The van der Waals surface area contributed by atoms with Crippen LogP contribution in [0.2, 0.25) is 5.02 Å². The van der Waals surface area contributed by atoms with Crippen LogP contribution in [0.4, 0.5) is 5.69 Å². The van der Waals surface area contributed by atoms with Crippen LogP contribution in [0.15, 0.2) is 42.5 Å². The molecule has 116 valence electrons. The van der Waals surface area contributed by atoms with Gasteiger partial charge in [-0.25, -0.2) is 0 Å². The van der Waals surface area contributed by atoms with Gasteiger partial charge < -0.3 is 10.1 Å². The first kappa shape index (κ1) is 16.4. The number of carbonyl (C=O) groups excluding carboxylic acids is 1. The van der Waals surface area contributed by atoms with Crippen LogP contribution in [0.3, 0.4) is 0 Å². The fourth-order valence-electron chi connectivity index (χ4n) is 2.27. The summed E-state index contributed by atoms with van der Waals surface area (Å²) >= 11 is 5.85. The van der Waals surface area contributed by atoms with Gasteiger partial charge in [0, 0.05) is 10.7 Å². The Balaban J connectivity index is 2.06. The maximum Gasteiger partial charge on any atom is 0.265 e. The third kappa shape index (κ3) is 4.50. The van der Waals surface area contributed by atoms with Crippen molar-refractivity contribution in [3.05, 3.63) is 58.6 Å². The summed E-state index contributed by atoms with van der Waals surface area (Å²) in [6.45, 7) is 5.93. The topological polar surface area (TPSA) is 38.3 Å². The van der Waals surface area contributed by atoms with Crippen molar-refractivity contribution in [2.45, 2.75) is 33.3 Å². The Hall–Kier alpha value is -2.00. The first-order valence-electron chi connectivity index (χ1n) is 7.29. The van der Waals surface area contributed by atoms with E-state index in [4.69, 9.17) is 16.3 Å². The molecule has 0 radical (unpaired) electrons. The predicted molar refractivity (Wildman–Crippen MR) is 90.7 cm³/mol. The molecule has 0 bridgehead atoms. The Morgan fingerprint density at radius 2 is 1.73 bits per heavy atom. The van der Waals surface area contributed by atoms with Gasteiger partial charge in [-0.05, 0) is 67.8 Å². The first-order valence-corrected chi connectivity index (χ1v) is 7.67. The highest BCUT2D eigenvalue weighted by Gasteiger charge is 2.18. The minimum Gasteiger partial charge on any atom is -0.481 e. The van der Waals surface area contributed by atoms with Crippen LogP contribution in [-0.2, 0) is 4.79 Å². The largest absolute Gasteiger partial charge is 0.481 e. The molecule has 0 aliphatic rings. The van der Waals surface area contributed by atoms with Crippen LogP contribution in [0, 0.1) is 13.8 Å². The lowest BCUT2D eigenvalue weighted by Crippen LogP contribution is -2.32. The summed E-state index contributed by atoms with van der Waals surface area (Å²) in [5.41, 5.74) is 3.02. The van der Waals surface area contributed by atoms with E-state index in [0.29, 0.717) is 17.2 Å². The van der Waals surface area contributed by atoms with Crippen LogP contribution in [0.1, 0.15) is 24.5 Å². The molecule has 0 aromatic heterocycles. The van der Waals surface area contributed by atoms with Gasteiger partial charge in [-0.1, -0.05) is 24.6 Å². The average Bonchev–Trinajstić information content (AvgIpc) is 2.45. The molecule has 0 spiro atoms. The molecule has 1 N–H and O–H groups in total. The second-order valence-corrected chi connectivity index (χ2v) is 5.77. The minimum absolute atomic E-state index is 0.151. The monoisotopic (exact) mass is 317 g/mol. The third-order valence-corrected chi connectivity index (χ3v) is 3.50. The number of carbonyl (C=O) groups is 1. The van der Waals surface area contributed by atoms with E-state index in [1.807, 2.05) is 32.9 Å². The van der Waals surface area contributed by atoms with Crippen molar-refractivity contribution in [1.82, 2.24) is 0 Å². The normalized spacial score (nSPS) is 11.8. The molecule has 0 aliphatic heterocycles. The molecule has 2 aromatic rings. The van der Waals surface area contributed by atoms with Gasteiger partial charge >= 0.3 is 0 Å². The predicted octanol–water partition coefficient (Wildman–Crippen LogP) is 4.75. The zero-order valence-electron chi connectivity index (χ0n) is 13.0. The van der Waals surface area contributed by atoms with Gasteiger partial charge in [0.15, 0.2) is 6.10 Å². The van der Waals surface area contributed by atoms with Crippen molar-refractivity contribution in [2.24, 2.45) is 0 Å². The molecule has 3 nitrogen and oxygen atoms in total. The van der Waals surface area contributed by atoms with Crippen molar-refractivity contribution in [2.75, 3.05) is 5.32 Å². The minimum atomic E-state index is -0.540. The van der Waals surface area contributed by atoms with E-state index in [-0.39, 0.29) is 5.91 Å². The molecule has 1 unspecified atom stereocenters. The van der Waals surface area contributed by atoms with Crippen LogP contribution < -0.4 is 10.1 Å². The lowest BCUT2D eigenvalue weighted by Gasteiger charge is -2.17. The molecule has 0 fully saturated rings. The number of benzene rings is 2. The summed E-state index contributed by atoms with van der Waals surface area (Å²) in [4.78, 5) is 12.4. The number of amides is 1. The smallest absolute Gasteiger partial charge is 0.265 e. The number of hydrogen-bond donors (Lipinski definition) is 1. The van der Waals surface area contributed by atoms with Gasteiger partial charge in [0.1, 0.15) is 5.75 Å². The SMILES string of the molecule is CCC(Oc1ccc(Cl)cc1)C(=O)Nc1cc(C)cc(C)c1. The van der Waals surface area contributed by atoms with Crippen LogP contribution in [0.25, 0.3) is 0 Å². The van der Waals surface area contributed by atoms with Gasteiger partial charge in [0.25, 0.3) is 5.91 Å². The van der Waals surface area contributed by atoms with E-state index < -0.39 is 6.10 Å². The van der Waals surface area contributed by atoms with Gasteiger partial charge in [0.2, 0.25) is 0 Å². The van der Waals surface area contributed by atoms with Crippen LogP contribution in [0.5, 0.6) is 5.75 Å². The molecule has 22 heavy (non-hydrogen) atoms. The number of hydrogen-bond acceptors (Lipinski definition) is 2. The standard InChI is InChI=1S/C18H20ClNO2/c1-4-17(22-16-7-5-14(19)6-8-16)18(21)20-15-10-12(2)9-13(3)11-15/h5-11,17H,4H2,1-3H3,(H,20,21). The Morgan fingerprint density at radius 1 is 1.14 bits per heavy atom. The number of ether oxygens (including phenoxy) is 1. The second-order valence-electron chi connectivity index (χ2n) is 5.33. The molecule has 0 heterocycles. The maximum absolute atomic E-state index is 12.4. The molecule has 2 rings (SSSR count). The molecule has 0 aliphatic carbocycles. The lowest BCUT2D eigenvalue weighted by molar-refractivity contribution is -0.122. The van der Waals surface area contributed by atoms with E-state index >= 15 is 0 Å². The van der Waals surface area contributed by atoms with E-state index in [1.54, 1.807) is 24.3 Å². The second kappa shape index (κ2) is 7.32. The summed E-state index contributed by atoms with van der Waals surface area (Å²) < 4.78 is 5.74. The average molecular weight is 318 g/mol. The summed E-state index contributed by atoms with van der Waals surface area (Å²) in [5, 5.41) is 3.56. The van der Waals surface area contributed by atoms with Gasteiger partial charge in [0.05, 0.1) is 0 Å². The Bertz CT molecular complexity index is 632. The molecule has 1 atom stereocenters. The maximum atomic E-state index is 12.4. The zero-order chi connectivity index (χ0) is 16.1. The van der Waals surface area contributed by atoms with E-state index in [1.165, 1.54) is 0 Å². The highest BCUT2D eigenvalue weighted by Crippen LogP contribution is 2.19. The number of aryl methyl sites for hydroxylation is 2. The summed E-state index contributed by atoms with van der Waals surface area (Å²) in [5.74, 6) is 0.481. The zero-order valence-corrected chi connectivity index (χ0v) is 13.8.